The van der Waals surface area contributed by atoms with Gasteiger partial charge in [0, 0.05) is 17.6 Å². The first-order valence-corrected chi connectivity index (χ1v) is 5.45. The molecule has 1 saturated heterocycles. The monoisotopic (exact) mass is 237 g/mol. The summed E-state index contributed by atoms with van der Waals surface area (Å²) < 4.78 is 4.98. The van der Waals surface area contributed by atoms with Gasteiger partial charge in [-0.15, -0.1) is 0 Å². The molecule has 1 unspecified atom stereocenters. The molecule has 1 aromatic rings. The number of ether oxygens (including phenoxy) is 1. The van der Waals surface area contributed by atoms with Crippen LogP contribution in [-0.2, 0) is 9.53 Å². The zero-order valence-electron chi connectivity index (χ0n) is 8.65. The minimum Gasteiger partial charge on any atom is -0.371 e. The van der Waals surface area contributed by atoms with Crippen LogP contribution in [0.4, 0.5) is 0 Å². The fourth-order valence-corrected chi connectivity index (χ4v) is 1.43. The van der Waals surface area contributed by atoms with Crippen molar-refractivity contribution in [3.63, 3.8) is 0 Å². The van der Waals surface area contributed by atoms with Gasteiger partial charge in [-0.2, -0.15) is 0 Å². The molecule has 4 heteroatoms. The molecular formula is C12H12ClNO2. The smallest absolute Gasteiger partial charge is 0.244 e. The summed E-state index contributed by atoms with van der Waals surface area (Å²) in [7, 11) is 0. The van der Waals surface area contributed by atoms with E-state index < -0.39 is 0 Å². The lowest BCUT2D eigenvalue weighted by molar-refractivity contribution is -0.116. The van der Waals surface area contributed by atoms with Crippen molar-refractivity contribution in [2.75, 3.05) is 13.2 Å². The summed E-state index contributed by atoms with van der Waals surface area (Å²) in [6.45, 7) is 1.32. The number of benzene rings is 1. The summed E-state index contributed by atoms with van der Waals surface area (Å²) in [5, 5.41) is 3.38. The summed E-state index contributed by atoms with van der Waals surface area (Å²) in [6, 6.07) is 7.37. The highest BCUT2D eigenvalue weighted by atomic mass is 35.5. The Balaban J connectivity index is 1.87. The normalized spacial score (nSPS) is 18.7. The van der Waals surface area contributed by atoms with Gasteiger partial charge in [0.25, 0.3) is 0 Å². The summed E-state index contributed by atoms with van der Waals surface area (Å²) in [5.41, 5.74) is 0.835. The second kappa shape index (κ2) is 5.14. The Kier molecular flexibility index (Phi) is 3.59. The lowest BCUT2D eigenvalue weighted by Crippen LogP contribution is -2.25. The summed E-state index contributed by atoms with van der Waals surface area (Å²) in [6.07, 6.45) is 3.38. The molecule has 3 nitrogen and oxygen atoms in total. The number of rotatable bonds is 4. The van der Waals surface area contributed by atoms with Crippen LogP contribution in [0.15, 0.2) is 30.3 Å². The molecule has 0 radical (unpaired) electrons. The van der Waals surface area contributed by atoms with E-state index in [1.807, 2.05) is 18.2 Å². The van der Waals surface area contributed by atoms with Gasteiger partial charge in [0.1, 0.15) is 0 Å². The van der Waals surface area contributed by atoms with Crippen molar-refractivity contribution in [1.82, 2.24) is 5.32 Å². The number of hydrogen-bond acceptors (Lipinski definition) is 2. The van der Waals surface area contributed by atoms with E-state index in [0.717, 1.165) is 12.2 Å². The van der Waals surface area contributed by atoms with Gasteiger partial charge in [-0.1, -0.05) is 29.8 Å². The fourth-order valence-electron chi connectivity index (χ4n) is 1.23. The Hall–Kier alpha value is -1.32. The molecule has 2 rings (SSSR count). The summed E-state index contributed by atoms with van der Waals surface area (Å²) >= 11 is 5.94. The van der Waals surface area contributed by atoms with Gasteiger partial charge < -0.3 is 10.1 Å². The van der Waals surface area contributed by atoms with Crippen molar-refractivity contribution in [3.05, 3.63) is 40.9 Å². The molecule has 84 valence electrons. The van der Waals surface area contributed by atoms with Crippen molar-refractivity contribution in [2.24, 2.45) is 0 Å². The zero-order valence-corrected chi connectivity index (χ0v) is 9.41. The first-order chi connectivity index (χ1) is 7.75. The third kappa shape index (κ3) is 3.36. The maximum atomic E-state index is 11.4. The number of carbonyl (C=O) groups is 1. The second-order valence-electron chi connectivity index (χ2n) is 3.56. The van der Waals surface area contributed by atoms with Crippen molar-refractivity contribution < 1.29 is 9.53 Å². The topological polar surface area (TPSA) is 41.6 Å². The predicted molar refractivity (Wildman–Crippen MR) is 63.2 cm³/mol. The third-order valence-electron chi connectivity index (χ3n) is 2.23. The van der Waals surface area contributed by atoms with E-state index in [0.29, 0.717) is 11.6 Å². The minimum absolute atomic E-state index is 0.129. The molecule has 0 saturated carbocycles. The summed E-state index contributed by atoms with van der Waals surface area (Å²) in [4.78, 5) is 11.4. The molecule has 1 fully saturated rings. The average Bonchev–Trinajstić information content (AvgIpc) is 3.09. The quantitative estimate of drug-likeness (QED) is 0.642. The minimum atomic E-state index is -0.129. The SMILES string of the molecule is O=C(/C=C/c1ccccc1Cl)NCC1CO1. The van der Waals surface area contributed by atoms with Crippen molar-refractivity contribution in [2.45, 2.75) is 6.10 Å². The Morgan fingerprint density at radius 2 is 2.31 bits per heavy atom. The molecule has 0 aromatic heterocycles. The highest BCUT2D eigenvalue weighted by Crippen LogP contribution is 2.16. The number of carbonyl (C=O) groups excluding carboxylic acids is 1. The van der Waals surface area contributed by atoms with Gasteiger partial charge in [-0.05, 0) is 17.7 Å². The molecule has 0 spiro atoms. The standard InChI is InChI=1S/C12H12ClNO2/c13-11-4-2-1-3-9(11)5-6-12(15)14-7-10-8-16-10/h1-6,10H,7-8H2,(H,14,15)/b6-5+. The van der Waals surface area contributed by atoms with Crippen LogP contribution in [0.1, 0.15) is 5.56 Å². The third-order valence-corrected chi connectivity index (χ3v) is 2.57. The number of halogens is 1. The van der Waals surface area contributed by atoms with E-state index >= 15 is 0 Å². The van der Waals surface area contributed by atoms with E-state index in [2.05, 4.69) is 5.32 Å². The molecular weight excluding hydrogens is 226 g/mol. The van der Waals surface area contributed by atoms with Crippen molar-refractivity contribution in [1.29, 1.82) is 0 Å². The lowest BCUT2D eigenvalue weighted by atomic mass is 10.2. The molecule has 1 atom stereocenters. The van der Waals surface area contributed by atoms with Gasteiger partial charge in [0.05, 0.1) is 12.7 Å². The van der Waals surface area contributed by atoms with Crippen LogP contribution in [0.25, 0.3) is 6.08 Å². The van der Waals surface area contributed by atoms with Crippen LogP contribution in [0.2, 0.25) is 5.02 Å². The Morgan fingerprint density at radius 3 is 3.00 bits per heavy atom. The number of hydrogen-bond donors (Lipinski definition) is 1. The van der Waals surface area contributed by atoms with Crippen LogP contribution < -0.4 is 5.32 Å². The Labute approximate surface area is 99.1 Å². The van der Waals surface area contributed by atoms with Crippen LogP contribution >= 0.6 is 11.6 Å². The van der Waals surface area contributed by atoms with Gasteiger partial charge >= 0.3 is 0 Å². The molecule has 1 aromatic carbocycles. The van der Waals surface area contributed by atoms with E-state index in [1.165, 1.54) is 6.08 Å². The zero-order chi connectivity index (χ0) is 11.4. The molecule has 1 N–H and O–H groups in total. The number of epoxide rings is 1. The van der Waals surface area contributed by atoms with Gasteiger partial charge in [0.2, 0.25) is 5.91 Å². The molecule has 1 heterocycles. The van der Waals surface area contributed by atoms with Gasteiger partial charge in [0.15, 0.2) is 0 Å². The second-order valence-corrected chi connectivity index (χ2v) is 3.96. The maximum Gasteiger partial charge on any atom is 0.244 e. The Bertz CT molecular complexity index is 413. The molecule has 1 amide bonds. The van der Waals surface area contributed by atoms with E-state index in [1.54, 1.807) is 12.1 Å². The van der Waals surface area contributed by atoms with E-state index in [4.69, 9.17) is 16.3 Å². The highest BCUT2D eigenvalue weighted by molar-refractivity contribution is 6.32. The molecule has 0 bridgehead atoms. The highest BCUT2D eigenvalue weighted by Gasteiger charge is 2.22. The largest absolute Gasteiger partial charge is 0.371 e. The van der Waals surface area contributed by atoms with Crippen LogP contribution in [-0.4, -0.2) is 25.2 Å². The van der Waals surface area contributed by atoms with E-state index in [-0.39, 0.29) is 12.0 Å². The predicted octanol–water partition coefficient (Wildman–Crippen LogP) is 1.87. The van der Waals surface area contributed by atoms with Crippen molar-refractivity contribution >= 4 is 23.6 Å². The van der Waals surface area contributed by atoms with Crippen LogP contribution in [0.3, 0.4) is 0 Å². The number of nitrogens with one attached hydrogen (secondary N) is 1. The first-order valence-electron chi connectivity index (χ1n) is 5.08. The van der Waals surface area contributed by atoms with Crippen LogP contribution in [0.5, 0.6) is 0 Å². The lowest BCUT2D eigenvalue weighted by Gasteiger charge is -1.98. The molecule has 16 heavy (non-hydrogen) atoms. The van der Waals surface area contributed by atoms with E-state index in [9.17, 15) is 4.79 Å². The van der Waals surface area contributed by atoms with Gasteiger partial charge in [-0.3, -0.25) is 4.79 Å². The average molecular weight is 238 g/mol. The van der Waals surface area contributed by atoms with Crippen molar-refractivity contribution in [3.8, 4) is 0 Å². The fraction of sp³-hybridized carbons (Fsp3) is 0.250. The Morgan fingerprint density at radius 1 is 1.56 bits per heavy atom. The molecule has 1 aliphatic heterocycles. The van der Waals surface area contributed by atoms with Gasteiger partial charge in [-0.25, -0.2) is 0 Å². The van der Waals surface area contributed by atoms with Crippen LogP contribution in [0, 0.1) is 0 Å². The first kappa shape index (κ1) is 11.2. The molecule has 0 aliphatic carbocycles. The molecule has 1 aliphatic rings. The maximum absolute atomic E-state index is 11.4. The number of amides is 1. The summed E-state index contributed by atoms with van der Waals surface area (Å²) in [5.74, 6) is -0.129.